The van der Waals surface area contributed by atoms with Crippen LogP contribution >= 0.6 is 0 Å². The summed E-state index contributed by atoms with van der Waals surface area (Å²) in [5.41, 5.74) is 2.65. The van der Waals surface area contributed by atoms with E-state index in [1.54, 1.807) is 38.7 Å². The van der Waals surface area contributed by atoms with E-state index in [0.29, 0.717) is 67.2 Å². The first-order valence-electron chi connectivity index (χ1n) is 12.6. The number of benzene rings is 1. The number of likely N-dealkylation sites (tertiary alicyclic amines) is 1. The highest BCUT2D eigenvalue weighted by Gasteiger charge is 2.28. The third-order valence-corrected chi connectivity index (χ3v) is 7.23. The number of methoxy groups -OCH3 is 1. The Hall–Kier alpha value is -3.79. The van der Waals surface area contributed by atoms with E-state index in [0.717, 1.165) is 11.1 Å². The summed E-state index contributed by atoms with van der Waals surface area (Å²) in [6, 6.07) is 6.67. The van der Waals surface area contributed by atoms with Gasteiger partial charge in [0.1, 0.15) is 5.82 Å². The van der Waals surface area contributed by atoms with Crippen molar-refractivity contribution >= 4 is 27.9 Å². The summed E-state index contributed by atoms with van der Waals surface area (Å²) in [4.78, 5) is 36.3. The fourth-order valence-corrected chi connectivity index (χ4v) is 5.37. The number of hydrogen-bond donors (Lipinski definition) is 1. The molecule has 10 heteroatoms. The lowest BCUT2D eigenvalue weighted by Crippen LogP contribution is -2.41. The molecule has 1 amide bonds. The molecule has 0 bridgehead atoms. The van der Waals surface area contributed by atoms with Gasteiger partial charge in [0, 0.05) is 48.9 Å². The Morgan fingerprint density at radius 1 is 1.16 bits per heavy atom. The molecular weight excluding hydrogens is 477 g/mol. The first-order valence-corrected chi connectivity index (χ1v) is 12.6. The number of carbonyl (C=O) groups is 1. The highest BCUT2D eigenvalue weighted by molar-refractivity contribution is 5.86. The molecule has 4 heterocycles. The van der Waals surface area contributed by atoms with E-state index in [1.807, 2.05) is 12.1 Å². The average molecular weight is 508 g/mol. The van der Waals surface area contributed by atoms with Crippen LogP contribution in [0.3, 0.4) is 0 Å². The molecule has 0 atom stereocenters. The van der Waals surface area contributed by atoms with Gasteiger partial charge in [-0.3, -0.25) is 19.1 Å². The van der Waals surface area contributed by atoms with Crippen LogP contribution in [-0.2, 0) is 17.7 Å². The van der Waals surface area contributed by atoms with Crippen molar-refractivity contribution in [1.29, 1.82) is 0 Å². The molecule has 1 aromatic carbocycles. The predicted octanol–water partition coefficient (Wildman–Crippen LogP) is 3.65. The molecule has 1 fully saturated rings. The average Bonchev–Trinajstić information content (AvgIpc) is 3.20. The van der Waals surface area contributed by atoms with Crippen molar-refractivity contribution in [3.63, 3.8) is 0 Å². The van der Waals surface area contributed by atoms with Gasteiger partial charge in [0.25, 0.3) is 0 Å². The number of ether oxygens (including phenoxy) is 1. The third-order valence-electron chi connectivity index (χ3n) is 7.23. The first-order chi connectivity index (χ1) is 18.0. The highest BCUT2D eigenvalue weighted by atomic mass is 19.1. The van der Waals surface area contributed by atoms with Gasteiger partial charge in [0.15, 0.2) is 0 Å². The molecule has 4 aromatic rings. The molecule has 1 aliphatic heterocycles. The van der Waals surface area contributed by atoms with E-state index in [1.165, 1.54) is 13.2 Å². The molecule has 1 aliphatic rings. The number of aromatic nitrogens is 4. The smallest absolute Gasteiger partial charge is 0.409 e. The number of fused-ring (bicyclic) bond motifs is 2. The van der Waals surface area contributed by atoms with Crippen LogP contribution < -0.4 is 5.69 Å². The van der Waals surface area contributed by atoms with E-state index in [-0.39, 0.29) is 36.8 Å². The van der Waals surface area contributed by atoms with Gasteiger partial charge in [-0.15, -0.1) is 0 Å². The zero-order chi connectivity index (χ0) is 25.9. The number of amides is 1. The maximum absolute atomic E-state index is 15.0. The van der Waals surface area contributed by atoms with E-state index >= 15 is 0 Å². The molecule has 0 unspecified atom stereocenters. The Balaban J connectivity index is 1.55. The van der Waals surface area contributed by atoms with Gasteiger partial charge in [0.05, 0.1) is 36.6 Å². The lowest BCUT2D eigenvalue weighted by molar-refractivity contribution is 0.107. The number of rotatable bonds is 7. The lowest BCUT2D eigenvalue weighted by Gasteiger charge is -2.31. The number of carbonyl (C=O) groups excluding carboxylic acids is 1. The lowest BCUT2D eigenvalue weighted by atomic mass is 9.98. The number of aryl methyl sites for hydroxylation is 1. The van der Waals surface area contributed by atoms with E-state index in [2.05, 4.69) is 9.97 Å². The quantitative estimate of drug-likeness (QED) is 0.383. The summed E-state index contributed by atoms with van der Waals surface area (Å²) in [5, 5.41) is 10.5. The summed E-state index contributed by atoms with van der Waals surface area (Å²) >= 11 is 0. The number of halogens is 1. The van der Waals surface area contributed by atoms with Crippen LogP contribution in [0.4, 0.5) is 9.18 Å². The van der Waals surface area contributed by atoms with Crippen LogP contribution in [0.25, 0.3) is 21.8 Å². The SMILES string of the molecule is COC(=O)N1CCC(n2c(=O)n(Cc3ncc4cccc(F)c4c3CCCCO)c3cnccc32)CC1. The van der Waals surface area contributed by atoms with Crippen molar-refractivity contribution < 1.29 is 19.0 Å². The van der Waals surface area contributed by atoms with Crippen molar-refractivity contribution in [2.75, 3.05) is 26.8 Å². The first kappa shape index (κ1) is 24.9. The topological polar surface area (TPSA) is 102 Å². The van der Waals surface area contributed by atoms with Gasteiger partial charge in [-0.1, -0.05) is 12.1 Å². The Kier molecular flexibility index (Phi) is 7.18. The molecule has 0 radical (unpaired) electrons. The van der Waals surface area contributed by atoms with Gasteiger partial charge in [-0.25, -0.2) is 14.0 Å². The number of imidazole rings is 1. The van der Waals surface area contributed by atoms with E-state index in [9.17, 15) is 19.1 Å². The standard InChI is InChI=1S/C27H30FN5O4/c1-37-27(36)31-12-9-19(10-13-31)33-23-8-11-29-16-24(23)32(26(33)35)17-22-20(6-2-3-14-34)25-18(15-30-22)5-4-7-21(25)28/h4-5,7-8,11,15-16,19,34H,2-3,6,9-10,12-14,17H2,1H3. The molecule has 9 nitrogen and oxygen atoms in total. The number of aliphatic hydroxyl groups is 1. The zero-order valence-electron chi connectivity index (χ0n) is 20.8. The number of aliphatic hydroxyl groups excluding tert-OH is 1. The maximum atomic E-state index is 15.0. The minimum Gasteiger partial charge on any atom is -0.453 e. The molecule has 194 valence electrons. The van der Waals surface area contributed by atoms with Gasteiger partial charge in [0.2, 0.25) is 0 Å². The second-order valence-electron chi connectivity index (χ2n) is 9.36. The molecule has 0 saturated carbocycles. The second-order valence-corrected chi connectivity index (χ2v) is 9.36. The van der Waals surface area contributed by atoms with Crippen molar-refractivity contribution in [3.8, 4) is 0 Å². The number of piperidine rings is 1. The van der Waals surface area contributed by atoms with Gasteiger partial charge >= 0.3 is 11.8 Å². The summed E-state index contributed by atoms with van der Waals surface area (Å²) in [7, 11) is 1.37. The van der Waals surface area contributed by atoms with Crippen molar-refractivity contribution in [3.05, 3.63) is 70.4 Å². The Morgan fingerprint density at radius 3 is 2.73 bits per heavy atom. The monoisotopic (exact) mass is 507 g/mol. The highest BCUT2D eigenvalue weighted by Crippen LogP contribution is 2.28. The fourth-order valence-electron chi connectivity index (χ4n) is 5.37. The van der Waals surface area contributed by atoms with Crippen LogP contribution in [0, 0.1) is 5.82 Å². The number of pyridine rings is 2. The molecule has 3 aromatic heterocycles. The predicted molar refractivity (Wildman–Crippen MR) is 137 cm³/mol. The zero-order valence-corrected chi connectivity index (χ0v) is 20.8. The summed E-state index contributed by atoms with van der Waals surface area (Å²) < 4.78 is 23.3. The van der Waals surface area contributed by atoms with Crippen LogP contribution in [0.1, 0.15) is 43.0 Å². The fraction of sp³-hybridized carbons (Fsp3) is 0.407. The normalized spacial score (nSPS) is 14.5. The molecule has 1 saturated heterocycles. The molecular formula is C27H30FN5O4. The Labute approximate surface area is 213 Å². The molecule has 0 aliphatic carbocycles. The minimum atomic E-state index is -0.360. The van der Waals surface area contributed by atoms with E-state index in [4.69, 9.17) is 4.74 Å². The van der Waals surface area contributed by atoms with Crippen LogP contribution in [0.15, 0.2) is 47.7 Å². The van der Waals surface area contributed by atoms with Gasteiger partial charge < -0.3 is 14.7 Å². The molecule has 37 heavy (non-hydrogen) atoms. The number of hydrogen-bond acceptors (Lipinski definition) is 6. The van der Waals surface area contributed by atoms with Crippen molar-refractivity contribution in [1.82, 2.24) is 24.0 Å². The summed E-state index contributed by atoms with van der Waals surface area (Å²) in [6.07, 6.45) is 7.69. The summed E-state index contributed by atoms with van der Waals surface area (Å²) in [5.74, 6) is -0.325. The second kappa shape index (κ2) is 10.7. The number of unbranched alkanes of at least 4 members (excludes halogenated alkanes) is 1. The largest absolute Gasteiger partial charge is 0.453 e. The number of nitrogens with zero attached hydrogens (tertiary/aromatic N) is 5. The van der Waals surface area contributed by atoms with Crippen LogP contribution in [0.5, 0.6) is 0 Å². The van der Waals surface area contributed by atoms with Crippen LogP contribution in [0.2, 0.25) is 0 Å². The molecule has 0 spiro atoms. The van der Waals surface area contributed by atoms with Gasteiger partial charge in [-0.05, 0) is 49.8 Å². The summed E-state index contributed by atoms with van der Waals surface area (Å²) in [6.45, 7) is 1.24. The van der Waals surface area contributed by atoms with Crippen molar-refractivity contribution in [2.45, 2.75) is 44.7 Å². The minimum absolute atomic E-state index is 0.0589. The van der Waals surface area contributed by atoms with E-state index < -0.39 is 0 Å². The van der Waals surface area contributed by atoms with Gasteiger partial charge in [-0.2, -0.15) is 0 Å². The van der Waals surface area contributed by atoms with Crippen LogP contribution in [-0.4, -0.2) is 62.0 Å². The molecule has 5 rings (SSSR count). The third kappa shape index (κ3) is 4.69. The Morgan fingerprint density at radius 2 is 1.97 bits per heavy atom. The molecule has 1 N–H and O–H groups in total. The maximum Gasteiger partial charge on any atom is 0.409 e. The Bertz CT molecular complexity index is 1490. The van der Waals surface area contributed by atoms with Crippen molar-refractivity contribution in [2.24, 2.45) is 0 Å².